The quantitative estimate of drug-likeness (QED) is 0.908. The first-order valence-electron chi connectivity index (χ1n) is 5.68. The van der Waals surface area contributed by atoms with E-state index in [-0.39, 0.29) is 18.6 Å². The molecule has 2 aromatic rings. The van der Waals surface area contributed by atoms with Crippen LogP contribution in [-0.2, 0) is 0 Å². The van der Waals surface area contributed by atoms with Gasteiger partial charge in [-0.25, -0.2) is 0 Å². The molecule has 3 heterocycles. The van der Waals surface area contributed by atoms with Crippen molar-refractivity contribution >= 4 is 38.0 Å². The van der Waals surface area contributed by atoms with E-state index < -0.39 is 0 Å². The Morgan fingerprint density at radius 2 is 2.41 bits per heavy atom. The second-order valence-corrected chi connectivity index (χ2v) is 6.27. The van der Waals surface area contributed by atoms with E-state index in [1.807, 2.05) is 16.3 Å². The molecule has 1 aliphatic heterocycles. The minimum Gasteiger partial charge on any atom is -0.394 e. The average molecular weight is 267 g/mol. The molecule has 1 N–H and O–H groups in total. The van der Waals surface area contributed by atoms with Crippen molar-refractivity contribution in [3.63, 3.8) is 0 Å². The minimum absolute atomic E-state index is 0.0163. The Kier molecular flexibility index (Phi) is 2.90. The van der Waals surface area contributed by atoms with Crippen LogP contribution in [0.25, 0.3) is 9.40 Å². The summed E-state index contributed by atoms with van der Waals surface area (Å²) in [4.78, 5) is 14.9. The van der Waals surface area contributed by atoms with Crippen molar-refractivity contribution in [1.82, 2.24) is 4.90 Å². The van der Waals surface area contributed by atoms with Gasteiger partial charge in [0, 0.05) is 15.9 Å². The number of hydrogen-bond acceptors (Lipinski definition) is 4. The van der Waals surface area contributed by atoms with Gasteiger partial charge in [-0.05, 0) is 30.4 Å². The molecule has 0 aliphatic carbocycles. The maximum absolute atomic E-state index is 12.3. The highest BCUT2D eigenvalue weighted by Gasteiger charge is 2.29. The van der Waals surface area contributed by atoms with Gasteiger partial charge in [-0.2, -0.15) is 0 Å². The van der Waals surface area contributed by atoms with Crippen LogP contribution >= 0.6 is 22.7 Å². The Morgan fingerprint density at radius 3 is 3.18 bits per heavy atom. The molecule has 0 spiro atoms. The number of aliphatic hydroxyl groups is 1. The second-order valence-electron chi connectivity index (χ2n) is 4.24. The molecule has 90 valence electrons. The number of fused-ring (bicyclic) bond motifs is 1. The van der Waals surface area contributed by atoms with E-state index in [1.165, 1.54) is 9.40 Å². The van der Waals surface area contributed by atoms with Crippen LogP contribution < -0.4 is 0 Å². The summed E-state index contributed by atoms with van der Waals surface area (Å²) in [5.41, 5.74) is 0. The SMILES string of the molecule is O=C(c1cc2sccc2s1)N1CCC[C@@H]1CO. The first kappa shape index (κ1) is 11.2. The fourth-order valence-corrected chi connectivity index (χ4v) is 4.37. The third-order valence-corrected chi connectivity index (χ3v) is 5.28. The number of carbonyl (C=O) groups excluding carboxylic acids is 1. The van der Waals surface area contributed by atoms with E-state index in [2.05, 4.69) is 6.07 Å². The van der Waals surface area contributed by atoms with E-state index in [9.17, 15) is 9.90 Å². The first-order valence-corrected chi connectivity index (χ1v) is 7.38. The van der Waals surface area contributed by atoms with Crippen LogP contribution in [0.15, 0.2) is 17.5 Å². The number of thiophene rings is 2. The van der Waals surface area contributed by atoms with Crippen LogP contribution in [-0.4, -0.2) is 35.1 Å². The lowest BCUT2D eigenvalue weighted by molar-refractivity contribution is 0.0682. The lowest BCUT2D eigenvalue weighted by Gasteiger charge is -2.22. The molecule has 3 rings (SSSR count). The van der Waals surface area contributed by atoms with Crippen molar-refractivity contribution in [2.45, 2.75) is 18.9 Å². The molecule has 0 bridgehead atoms. The highest BCUT2D eigenvalue weighted by Crippen LogP contribution is 2.32. The number of amides is 1. The van der Waals surface area contributed by atoms with Crippen molar-refractivity contribution < 1.29 is 9.90 Å². The Balaban J connectivity index is 1.88. The Bertz CT molecular complexity index is 517. The highest BCUT2D eigenvalue weighted by molar-refractivity contribution is 7.27. The molecular formula is C12H13NO2S2. The summed E-state index contributed by atoms with van der Waals surface area (Å²) in [6.07, 6.45) is 1.92. The van der Waals surface area contributed by atoms with Crippen molar-refractivity contribution in [3.8, 4) is 0 Å². The zero-order chi connectivity index (χ0) is 11.8. The summed E-state index contributed by atoms with van der Waals surface area (Å²) in [7, 11) is 0. The molecular weight excluding hydrogens is 254 g/mol. The fraction of sp³-hybridized carbons (Fsp3) is 0.417. The number of rotatable bonds is 2. The zero-order valence-electron chi connectivity index (χ0n) is 9.26. The van der Waals surface area contributed by atoms with E-state index in [1.54, 1.807) is 22.7 Å². The van der Waals surface area contributed by atoms with E-state index in [0.29, 0.717) is 0 Å². The topological polar surface area (TPSA) is 40.5 Å². The van der Waals surface area contributed by atoms with E-state index in [4.69, 9.17) is 0 Å². The summed E-state index contributed by atoms with van der Waals surface area (Å²) in [6, 6.07) is 4.04. The Morgan fingerprint density at radius 1 is 1.53 bits per heavy atom. The maximum atomic E-state index is 12.3. The molecule has 1 fully saturated rings. The van der Waals surface area contributed by atoms with Crippen LogP contribution in [0.3, 0.4) is 0 Å². The molecule has 1 atom stereocenters. The van der Waals surface area contributed by atoms with Gasteiger partial charge in [0.15, 0.2) is 0 Å². The van der Waals surface area contributed by atoms with Crippen LogP contribution in [0.2, 0.25) is 0 Å². The number of aliphatic hydroxyl groups excluding tert-OH is 1. The fourth-order valence-electron chi connectivity index (χ4n) is 2.31. The molecule has 5 heteroatoms. The van der Waals surface area contributed by atoms with Gasteiger partial charge >= 0.3 is 0 Å². The molecule has 0 radical (unpaired) electrons. The smallest absolute Gasteiger partial charge is 0.264 e. The number of likely N-dealkylation sites (tertiary alicyclic amines) is 1. The van der Waals surface area contributed by atoms with E-state index >= 15 is 0 Å². The summed E-state index contributed by atoms with van der Waals surface area (Å²) in [6.45, 7) is 0.848. The molecule has 1 saturated heterocycles. The maximum Gasteiger partial charge on any atom is 0.264 e. The molecule has 0 aromatic carbocycles. The predicted molar refractivity (Wildman–Crippen MR) is 70.8 cm³/mol. The van der Waals surface area contributed by atoms with Crippen molar-refractivity contribution in [1.29, 1.82) is 0 Å². The molecule has 17 heavy (non-hydrogen) atoms. The largest absolute Gasteiger partial charge is 0.394 e. The van der Waals surface area contributed by atoms with Crippen molar-refractivity contribution in [2.24, 2.45) is 0 Å². The van der Waals surface area contributed by atoms with Gasteiger partial charge in [-0.1, -0.05) is 0 Å². The normalized spacial score (nSPS) is 20.3. The third-order valence-electron chi connectivity index (χ3n) is 3.20. The van der Waals surface area contributed by atoms with Crippen LogP contribution in [0, 0.1) is 0 Å². The lowest BCUT2D eigenvalue weighted by Crippen LogP contribution is -2.37. The number of hydrogen-bond donors (Lipinski definition) is 1. The van der Waals surface area contributed by atoms with Gasteiger partial charge in [0.2, 0.25) is 0 Å². The molecule has 0 saturated carbocycles. The van der Waals surface area contributed by atoms with Gasteiger partial charge in [0.05, 0.1) is 17.5 Å². The molecule has 1 aliphatic rings. The molecule has 1 amide bonds. The summed E-state index contributed by atoms with van der Waals surface area (Å²) in [5, 5.41) is 11.3. The summed E-state index contributed by atoms with van der Waals surface area (Å²) < 4.78 is 2.36. The van der Waals surface area contributed by atoms with Gasteiger partial charge < -0.3 is 10.0 Å². The predicted octanol–water partition coefficient (Wildman–Crippen LogP) is 2.56. The number of carbonyl (C=O) groups is 1. The summed E-state index contributed by atoms with van der Waals surface area (Å²) in [5.74, 6) is 0.0787. The Hall–Kier alpha value is -0.910. The van der Waals surface area contributed by atoms with Crippen molar-refractivity contribution in [2.75, 3.05) is 13.2 Å². The lowest BCUT2D eigenvalue weighted by atomic mass is 10.2. The standard InChI is InChI=1S/C12H13NO2S2/c14-7-8-2-1-4-13(8)12(15)11-6-10-9(17-11)3-5-16-10/h3,5-6,8,14H,1-2,4,7H2/t8-/m1/s1. The van der Waals surface area contributed by atoms with Gasteiger partial charge in [-0.3, -0.25) is 4.79 Å². The third kappa shape index (κ3) is 1.88. The second kappa shape index (κ2) is 4.40. The minimum atomic E-state index is 0.0163. The molecule has 2 aromatic heterocycles. The molecule has 0 unspecified atom stereocenters. The monoisotopic (exact) mass is 267 g/mol. The van der Waals surface area contributed by atoms with E-state index in [0.717, 1.165) is 24.3 Å². The van der Waals surface area contributed by atoms with Gasteiger partial charge in [-0.15, -0.1) is 22.7 Å². The van der Waals surface area contributed by atoms with Crippen LogP contribution in [0.4, 0.5) is 0 Å². The highest BCUT2D eigenvalue weighted by atomic mass is 32.1. The van der Waals surface area contributed by atoms with Gasteiger partial charge in [0.1, 0.15) is 0 Å². The average Bonchev–Trinajstić information content (AvgIpc) is 3.02. The Labute approximate surface area is 107 Å². The first-order chi connectivity index (χ1) is 8.29. The number of nitrogens with zero attached hydrogens (tertiary/aromatic N) is 1. The molecule has 3 nitrogen and oxygen atoms in total. The van der Waals surface area contributed by atoms with Gasteiger partial charge in [0.25, 0.3) is 5.91 Å². The van der Waals surface area contributed by atoms with Crippen molar-refractivity contribution in [3.05, 3.63) is 22.4 Å². The zero-order valence-corrected chi connectivity index (χ0v) is 10.9. The summed E-state index contributed by atoms with van der Waals surface area (Å²) >= 11 is 3.21. The van der Waals surface area contributed by atoms with Crippen LogP contribution in [0.5, 0.6) is 0 Å². The van der Waals surface area contributed by atoms with Crippen LogP contribution in [0.1, 0.15) is 22.5 Å².